The maximum atomic E-state index is 11.5. The first-order valence-electron chi connectivity index (χ1n) is 4.42. The van der Waals surface area contributed by atoms with E-state index in [4.69, 9.17) is 4.42 Å². The second-order valence-corrected chi connectivity index (χ2v) is 4.50. The third kappa shape index (κ3) is 2.02. The second-order valence-electron chi connectivity index (χ2n) is 3.72. The van der Waals surface area contributed by atoms with E-state index in [1.165, 1.54) is 0 Å². The molecule has 0 radical (unpaired) electrons. The number of ketones is 1. The number of rotatable bonds is 3. The average molecular weight is 243 g/mol. The molecular formula is C10H11BrO2. The standard InChI is InChI=1S/C10H11BrO2/c1-6-2-8(6)9(12)3-7-4-10(11)13-5-7/h4-6,8H,2-3H2,1H3. The zero-order valence-electron chi connectivity index (χ0n) is 7.42. The van der Waals surface area contributed by atoms with Crippen molar-refractivity contribution in [3.8, 4) is 0 Å². The maximum absolute atomic E-state index is 11.5. The van der Waals surface area contributed by atoms with E-state index in [1.807, 2.05) is 6.07 Å². The van der Waals surface area contributed by atoms with Crippen molar-refractivity contribution in [3.05, 3.63) is 22.6 Å². The number of carbonyl (C=O) groups excluding carboxylic acids is 1. The number of halogens is 1. The molecule has 2 unspecified atom stereocenters. The SMILES string of the molecule is CC1CC1C(=O)Cc1coc(Br)c1. The lowest BCUT2D eigenvalue weighted by atomic mass is 10.1. The molecule has 70 valence electrons. The van der Waals surface area contributed by atoms with E-state index in [1.54, 1.807) is 6.26 Å². The molecule has 13 heavy (non-hydrogen) atoms. The molecule has 3 heteroatoms. The summed E-state index contributed by atoms with van der Waals surface area (Å²) < 4.78 is 5.75. The van der Waals surface area contributed by atoms with Crippen molar-refractivity contribution in [3.63, 3.8) is 0 Å². The van der Waals surface area contributed by atoms with Gasteiger partial charge in [-0.05, 0) is 39.9 Å². The molecule has 0 amide bonds. The molecule has 0 aromatic carbocycles. The van der Waals surface area contributed by atoms with Crippen LogP contribution in [0.15, 0.2) is 21.4 Å². The molecule has 0 bridgehead atoms. The lowest BCUT2D eigenvalue weighted by Crippen LogP contribution is -2.05. The van der Waals surface area contributed by atoms with Gasteiger partial charge in [0.2, 0.25) is 0 Å². The fourth-order valence-electron chi connectivity index (χ4n) is 1.54. The van der Waals surface area contributed by atoms with E-state index in [9.17, 15) is 4.79 Å². The van der Waals surface area contributed by atoms with Gasteiger partial charge < -0.3 is 4.42 Å². The lowest BCUT2D eigenvalue weighted by molar-refractivity contribution is -0.119. The van der Waals surface area contributed by atoms with Gasteiger partial charge in [-0.15, -0.1) is 0 Å². The van der Waals surface area contributed by atoms with E-state index >= 15 is 0 Å². The maximum Gasteiger partial charge on any atom is 0.169 e. The molecule has 1 fully saturated rings. The molecule has 0 aliphatic heterocycles. The topological polar surface area (TPSA) is 30.2 Å². The van der Waals surface area contributed by atoms with Crippen LogP contribution in [0.1, 0.15) is 18.9 Å². The van der Waals surface area contributed by atoms with Crippen LogP contribution in [0.2, 0.25) is 0 Å². The van der Waals surface area contributed by atoms with Gasteiger partial charge in [-0.25, -0.2) is 0 Å². The zero-order chi connectivity index (χ0) is 9.42. The summed E-state index contributed by atoms with van der Waals surface area (Å²) in [6, 6.07) is 1.85. The molecule has 0 saturated heterocycles. The molecule has 1 aromatic heterocycles. The van der Waals surface area contributed by atoms with Crippen LogP contribution < -0.4 is 0 Å². The predicted molar refractivity (Wildman–Crippen MR) is 52.4 cm³/mol. The summed E-state index contributed by atoms with van der Waals surface area (Å²) >= 11 is 3.21. The van der Waals surface area contributed by atoms with Crippen LogP contribution in [-0.2, 0) is 11.2 Å². The van der Waals surface area contributed by atoms with E-state index in [2.05, 4.69) is 22.9 Å². The molecule has 1 aromatic rings. The molecule has 0 spiro atoms. The minimum atomic E-state index is 0.314. The number of carbonyl (C=O) groups is 1. The predicted octanol–water partition coefficient (Wildman–Crippen LogP) is 2.81. The average Bonchev–Trinajstić information content (AvgIpc) is 2.66. The third-order valence-electron chi connectivity index (χ3n) is 2.52. The van der Waals surface area contributed by atoms with Crippen LogP contribution in [0.4, 0.5) is 0 Å². The number of hydrogen-bond donors (Lipinski definition) is 0. The molecule has 1 aliphatic carbocycles. The Labute approximate surface area is 85.4 Å². The van der Waals surface area contributed by atoms with Gasteiger partial charge in [-0.1, -0.05) is 6.92 Å². The molecule has 1 aliphatic rings. The van der Waals surface area contributed by atoms with Gasteiger partial charge in [0.25, 0.3) is 0 Å². The van der Waals surface area contributed by atoms with Crippen molar-refractivity contribution in [2.75, 3.05) is 0 Å². The van der Waals surface area contributed by atoms with Gasteiger partial charge in [-0.2, -0.15) is 0 Å². The number of Topliss-reactive ketones (excluding diaryl/α,β-unsaturated/α-hetero) is 1. The first-order valence-corrected chi connectivity index (χ1v) is 5.21. The Morgan fingerprint density at radius 2 is 2.46 bits per heavy atom. The minimum absolute atomic E-state index is 0.314. The summed E-state index contributed by atoms with van der Waals surface area (Å²) in [7, 11) is 0. The monoisotopic (exact) mass is 242 g/mol. The van der Waals surface area contributed by atoms with Crippen LogP contribution in [0.5, 0.6) is 0 Å². The van der Waals surface area contributed by atoms with Crippen LogP contribution in [0, 0.1) is 11.8 Å². The van der Waals surface area contributed by atoms with Crippen LogP contribution in [0.25, 0.3) is 0 Å². The fourth-order valence-corrected chi connectivity index (χ4v) is 1.93. The molecule has 0 N–H and O–H groups in total. The first-order chi connectivity index (χ1) is 6.16. The molecule has 1 saturated carbocycles. The lowest BCUT2D eigenvalue weighted by Gasteiger charge is -1.93. The Morgan fingerprint density at radius 1 is 1.77 bits per heavy atom. The van der Waals surface area contributed by atoms with E-state index < -0.39 is 0 Å². The van der Waals surface area contributed by atoms with Crippen molar-refractivity contribution in [1.82, 2.24) is 0 Å². The van der Waals surface area contributed by atoms with Crippen molar-refractivity contribution in [2.24, 2.45) is 11.8 Å². The summed E-state index contributed by atoms with van der Waals surface area (Å²) in [5.41, 5.74) is 0.968. The largest absolute Gasteiger partial charge is 0.457 e. The van der Waals surface area contributed by atoms with Crippen molar-refractivity contribution < 1.29 is 9.21 Å². The van der Waals surface area contributed by atoms with Gasteiger partial charge in [-0.3, -0.25) is 4.79 Å². The van der Waals surface area contributed by atoms with Crippen LogP contribution in [-0.4, -0.2) is 5.78 Å². The van der Waals surface area contributed by atoms with E-state index in [0.717, 1.165) is 12.0 Å². The van der Waals surface area contributed by atoms with Gasteiger partial charge in [0, 0.05) is 12.3 Å². The van der Waals surface area contributed by atoms with E-state index in [-0.39, 0.29) is 0 Å². The Morgan fingerprint density at radius 3 is 2.92 bits per heavy atom. The highest BCUT2D eigenvalue weighted by molar-refractivity contribution is 9.10. The Balaban J connectivity index is 1.95. The number of hydrogen-bond acceptors (Lipinski definition) is 2. The quantitative estimate of drug-likeness (QED) is 0.817. The molecular weight excluding hydrogens is 232 g/mol. The van der Waals surface area contributed by atoms with Crippen molar-refractivity contribution in [1.29, 1.82) is 0 Å². The molecule has 1 heterocycles. The highest BCUT2D eigenvalue weighted by Gasteiger charge is 2.38. The van der Waals surface area contributed by atoms with Crippen LogP contribution >= 0.6 is 15.9 Å². The molecule has 2 atom stereocenters. The fraction of sp³-hybridized carbons (Fsp3) is 0.500. The van der Waals surface area contributed by atoms with Gasteiger partial charge in [0.15, 0.2) is 4.67 Å². The molecule has 2 rings (SSSR count). The summed E-state index contributed by atoms with van der Waals surface area (Å²) in [6.07, 6.45) is 3.22. The van der Waals surface area contributed by atoms with Gasteiger partial charge in [0.1, 0.15) is 5.78 Å². The third-order valence-corrected chi connectivity index (χ3v) is 2.94. The Bertz CT molecular complexity index is 329. The summed E-state index contributed by atoms with van der Waals surface area (Å²) in [6.45, 7) is 2.12. The summed E-state index contributed by atoms with van der Waals surface area (Å²) in [5, 5.41) is 0. The van der Waals surface area contributed by atoms with Gasteiger partial charge >= 0.3 is 0 Å². The minimum Gasteiger partial charge on any atom is -0.457 e. The smallest absolute Gasteiger partial charge is 0.169 e. The van der Waals surface area contributed by atoms with Gasteiger partial charge in [0.05, 0.1) is 6.26 Å². The highest BCUT2D eigenvalue weighted by Crippen LogP contribution is 2.39. The summed E-state index contributed by atoms with van der Waals surface area (Å²) in [5.74, 6) is 1.26. The Hall–Kier alpha value is -0.570. The van der Waals surface area contributed by atoms with E-state index in [0.29, 0.717) is 28.7 Å². The normalized spacial score (nSPS) is 26.0. The zero-order valence-corrected chi connectivity index (χ0v) is 9.00. The van der Waals surface area contributed by atoms with Crippen molar-refractivity contribution in [2.45, 2.75) is 19.8 Å². The summed E-state index contributed by atoms with van der Waals surface area (Å²) in [4.78, 5) is 11.5. The first kappa shape index (κ1) is 9.00. The molecule has 2 nitrogen and oxygen atoms in total. The second kappa shape index (κ2) is 3.29. The Kier molecular flexibility index (Phi) is 2.28. The van der Waals surface area contributed by atoms with Crippen molar-refractivity contribution >= 4 is 21.7 Å². The highest BCUT2D eigenvalue weighted by atomic mass is 79.9. The number of furan rings is 1. The van der Waals surface area contributed by atoms with Crippen LogP contribution in [0.3, 0.4) is 0 Å².